The number of hydrogen-bond donors (Lipinski definition) is 0. The van der Waals surface area contributed by atoms with Gasteiger partial charge in [0.05, 0.1) is 0 Å². The van der Waals surface area contributed by atoms with E-state index in [-0.39, 0.29) is 0 Å². The third-order valence-electron chi connectivity index (χ3n) is 1.48. The Balaban J connectivity index is 3.64. The summed E-state index contributed by atoms with van der Waals surface area (Å²) >= 11 is 3.41. The molecule has 1 heteroatoms. The molecular weight excluding hydrogens is 200 g/mol. The highest BCUT2D eigenvalue weighted by Gasteiger charge is 1.85. The van der Waals surface area contributed by atoms with Crippen LogP contribution in [0.4, 0.5) is 0 Å². The van der Waals surface area contributed by atoms with E-state index in [1.807, 2.05) is 0 Å². The number of allylic oxidation sites excluding steroid dienone is 4. The van der Waals surface area contributed by atoms with Crippen LogP contribution in [0.15, 0.2) is 23.3 Å². The summed E-state index contributed by atoms with van der Waals surface area (Å²) in [6.07, 6.45) is 6.78. The van der Waals surface area contributed by atoms with Gasteiger partial charge in [0, 0.05) is 5.33 Å². The molecule has 0 spiro atoms. The molecule has 0 radical (unpaired) electrons. The van der Waals surface area contributed by atoms with Crippen molar-refractivity contribution < 1.29 is 0 Å². The van der Waals surface area contributed by atoms with Crippen molar-refractivity contribution in [1.29, 1.82) is 0 Å². The Hall–Kier alpha value is -0.0400. The Labute approximate surface area is 78.5 Å². The third-order valence-corrected chi connectivity index (χ3v) is 1.88. The molecule has 0 rings (SSSR count). The van der Waals surface area contributed by atoms with Crippen LogP contribution in [0.5, 0.6) is 0 Å². The number of rotatable bonds is 4. The molecule has 0 aliphatic carbocycles. The van der Waals surface area contributed by atoms with Gasteiger partial charge >= 0.3 is 0 Å². The Morgan fingerprint density at radius 2 is 1.82 bits per heavy atom. The van der Waals surface area contributed by atoms with Crippen molar-refractivity contribution in [2.75, 3.05) is 5.33 Å². The number of hydrogen-bond acceptors (Lipinski definition) is 0. The molecule has 0 bridgehead atoms. The van der Waals surface area contributed by atoms with E-state index in [4.69, 9.17) is 0 Å². The minimum Gasteiger partial charge on any atom is -0.0925 e. The fourth-order valence-corrected chi connectivity index (χ4v) is 1.37. The number of alkyl halides is 1. The highest BCUT2D eigenvalue weighted by Crippen LogP contribution is 2.04. The SMILES string of the molecule is CC(C)=CC/C=C(\C)CCBr. The molecule has 0 aromatic carbocycles. The van der Waals surface area contributed by atoms with Crippen LogP contribution in [0.25, 0.3) is 0 Å². The van der Waals surface area contributed by atoms with Gasteiger partial charge in [0.1, 0.15) is 0 Å². The summed E-state index contributed by atoms with van der Waals surface area (Å²) in [5.41, 5.74) is 2.87. The van der Waals surface area contributed by atoms with Crippen molar-refractivity contribution in [2.24, 2.45) is 0 Å². The zero-order chi connectivity index (χ0) is 8.69. The Kier molecular flexibility index (Phi) is 6.63. The predicted molar refractivity (Wildman–Crippen MR) is 56.2 cm³/mol. The van der Waals surface area contributed by atoms with Crippen LogP contribution in [0.1, 0.15) is 33.6 Å². The van der Waals surface area contributed by atoms with E-state index in [1.54, 1.807) is 0 Å². The van der Waals surface area contributed by atoms with E-state index in [9.17, 15) is 0 Å². The maximum atomic E-state index is 3.41. The Morgan fingerprint density at radius 1 is 1.18 bits per heavy atom. The van der Waals surface area contributed by atoms with Gasteiger partial charge in [-0.05, 0) is 33.6 Å². The maximum Gasteiger partial charge on any atom is 0.00684 e. The lowest BCUT2D eigenvalue weighted by Gasteiger charge is -1.94. The Bertz CT molecular complexity index is 150. The summed E-state index contributed by atoms with van der Waals surface area (Å²) in [6, 6.07) is 0. The van der Waals surface area contributed by atoms with Gasteiger partial charge in [0.2, 0.25) is 0 Å². The fraction of sp³-hybridized carbons (Fsp3) is 0.600. The summed E-state index contributed by atoms with van der Waals surface area (Å²) in [6.45, 7) is 6.45. The van der Waals surface area contributed by atoms with Gasteiger partial charge in [-0.25, -0.2) is 0 Å². The van der Waals surface area contributed by atoms with E-state index >= 15 is 0 Å². The van der Waals surface area contributed by atoms with Gasteiger partial charge in [0.25, 0.3) is 0 Å². The average molecular weight is 217 g/mol. The van der Waals surface area contributed by atoms with Crippen molar-refractivity contribution in [2.45, 2.75) is 33.6 Å². The average Bonchev–Trinajstić information content (AvgIpc) is 1.87. The van der Waals surface area contributed by atoms with Crippen LogP contribution in [0, 0.1) is 0 Å². The first-order valence-corrected chi connectivity index (χ1v) is 5.14. The standard InChI is InChI=1S/C10H17Br/c1-9(2)5-4-6-10(3)7-8-11/h5-6H,4,7-8H2,1-3H3/b10-6+. The summed E-state index contributed by atoms with van der Waals surface area (Å²) in [4.78, 5) is 0. The van der Waals surface area contributed by atoms with Gasteiger partial charge in [-0.1, -0.05) is 39.2 Å². The number of halogens is 1. The zero-order valence-corrected chi connectivity index (χ0v) is 9.24. The lowest BCUT2D eigenvalue weighted by atomic mass is 10.2. The molecule has 0 aromatic rings. The Morgan fingerprint density at radius 3 is 2.27 bits per heavy atom. The van der Waals surface area contributed by atoms with Crippen LogP contribution in [-0.4, -0.2) is 5.33 Å². The molecule has 0 heterocycles. The van der Waals surface area contributed by atoms with E-state index in [0.29, 0.717) is 0 Å². The first-order valence-electron chi connectivity index (χ1n) is 4.01. The highest BCUT2D eigenvalue weighted by atomic mass is 79.9. The van der Waals surface area contributed by atoms with E-state index in [0.717, 1.165) is 18.2 Å². The quantitative estimate of drug-likeness (QED) is 0.491. The second-order valence-electron chi connectivity index (χ2n) is 3.01. The maximum absolute atomic E-state index is 3.41. The normalized spacial score (nSPS) is 11.5. The van der Waals surface area contributed by atoms with E-state index in [1.165, 1.54) is 11.1 Å². The fourth-order valence-electron chi connectivity index (χ4n) is 0.747. The molecule has 11 heavy (non-hydrogen) atoms. The zero-order valence-electron chi connectivity index (χ0n) is 7.65. The van der Waals surface area contributed by atoms with Crippen LogP contribution < -0.4 is 0 Å². The largest absolute Gasteiger partial charge is 0.0925 e. The molecule has 0 unspecified atom stereocenters. The summed E-state index contributed by atoms with van der Waals surface area (Å²) in [5, 5.41) is 1.07. The van der Waals surface area contributed by atoms with Gasteiger partial charge < -0.3 is 0 Å². The monoisotopic (exact) mass is 216 g/mol. The first-order chi connectivity index (χ1) is 5.16. The first kappa shape index (κ1) is 11.0. The predicted octanol–water partition coefficient (Wildman–Crippen LogP) is 4.07. The van der Waals surface area contributed by atoms with Gasteiger partial charge in [-0.15, -0.1) is 0 Å². The molecule has 0 nitrogen and oxygen atoms in total. The summed E-state index contributed by atoms with van der Waals surface area (Å²) < 4.78 is 0. The van der Waals surface area contributed by atoms with Crippen molar-refractivity contribution in [3.05, 3.63) is 23.3 Å². The van der Waals surface area contributed by atoms with Crippen LogP contribution in [-0.2, 0) is 0 Å². The molecular formula is C10H17Br. The lowest BCUT2D eigenvalue weighted by Crippen LogP contribution is -1.77. The summed E-state index contributed by atoms with van der Waals surface area (Å²) in [5.74, 6) is 0. The van der Waals surface area contributed by atoms with E-state index in [2.05, 4.69) is 48.9 Å². The molecule has 0 aromatic heterocycles. The minimum atomic E-state index is 1.07. The molecule has 64 valence electrons. The molecule has 0 atom stereocenters. The lowest BCUT2D eigenvalue weighted by molar-refractivity contribution is 1.09. The minimum absolute atomic E-state index is 1.07. The molecule has 0 saturated heterocycles. The summed E-state index contributed by atoms with van der Waals surface area (Å²) in [7, 11) is 0. The van der Waals surface area contributed by atoms with Crippen molar-refractivity contribution in [3.63, 3.8) is 0 Å². The topological polar surface area (TPSA) is 0 Å². The van der Waals surface area contributed by atoms with E-state index < -0.39 is 0 Å². The van der Waals surface area contributed by atoms with Gasteiger partial charge in [-0.3, -0.25) is 0 Å². The second kappa shape index (κ2) is 6.66. The molecule has 0 fully saturated rings. The molecule has 0 aliphatic heterocycles. The molecule has 0 amide bonds. The van der Waals surface area contributed by atoms with Crippen molar-refractivity contribution >= 4 is 15.9 Å². The van der Waals surface area contributed by atoms with Gasteiger partial charge in [0.15, 0.2) is 0 Å². The van der Waals surface area contributed by atoms with Crippen LogP contribution in [0.3, 0.4) is 0 Å². The van der Waals surface area contributed by atoms with Crippen LogP contribution >= 0.6 is 15.9 Å². The molecule has 0 aliphatic rings. The van der Waals surface area contributed by atoms with Gasteiger partial charge in [-0.2, -0.15) is 0 Å². The molecule has 0 saturated carbocycles. The highest BCUT2D eigenvalue weighted by molar-refractivity contribution is 9.09. The smallest absolute Gasteiger partial charge is 0.00684 e. The van der Waals surface area contributed by atoms with Crippen LogP contribution in [0.2, 0.25) is 0 Å². The van der Waals surface area contributed by atoms with Crippen molar-refractivity contribution in [1.82, 2.24) is 0 Å². The van der Waals surface area contributed by atoms with Crippen molar-refractivity contribution in [3.8, 4) is 0 Å². The third kappa shape index (κ3) is 7.86. The second-order valence-corrected chi connectivity index (χ2v) is 3.80. The molecule has 0 N–H and O–H groups in total.